The molecule has 0 bridgehead atoms. The molecule has 2 aromatic rings. The third-order valence-corrected chi connectivity index (χ3v) is 3.46. The molecule has 0 aliphatic heterocycles. The molecule has 0 aliphatic carbocycles. The summed E-state index contributed by atoms with van der Waals surface area (Å²) in [7, 11) is 1.63. The Morgan fingerprint density at radius 1 is 1.04 bits per heavy atom. The van der Waals surface area contributed by atoms with E-state index in [1.165, 1.54) is 0 Å². The Bertz CT molecular complexity index is 626. The van der Waals surface area contributed by atoms with Gasteiger partial charge < -0.3 is 14.2 Å². The van der Waals surface area contributed by atoms with Crippen LogP contribution in [0.3, 0.4) is 0 Å². The molecule has 0 saturated heterocycles. The summed E-state index contributed by atoms with van der Waals surface area (Å²) in [6.45, 7) is 4.71. The third kappa shape index (κ3) is 4.67. The van der Waals surface area contributed by atoms with Gasteiger partial charge in [-0.2, -0.15) is 0 Å². The van der Waals surface area contributed by atoms with E-state index in [1.54, 1.807) is 7.11 Å². The quantitative estimate of drug-likeness (QED) is 0.495. The van der Waals surface area contributed by atoms with Gasteiger partial charge in [0.25, 0.3) is 0 Å². The topological polar surface area (TPSA) is 27.7 Å². The van der Waals surface area contributed by atoms with Crippen LogP contribution >= 0.6 is 11.6 Å². The predicted molar refractivity (Wildman–Crippen MR) is 93.9 cm³/mol. The Labute approximate surface area is 142 Å². The number of halogens is 1. The molecule has 0 unspecified atom stereocenters. The molecule has 3 nitrogen and oxygen atoms in total. The van der Waals surface area contributed by atoms with Gasteiger partial charge in [0.2, 0.25) is 0 Å². The summed E-state index contributed by atoms with van der Waals surface area (Å²) in [6, 6.07) is 13.7. The highest BCUT2D eigenvalue weighted by Gasteiger charge is 2.16. The highest BCUT2D eigenvalue weighted by atomic mass is 35.5. The number of ether oxygens (including phenoxy) is 3. The first-order chi connectivity index (χ1) is 11.3. The van der Waals surface area contributed by atoms with Crippen LogP contribution in [0.15, 0.2) is 55.1 Å². The molecule has 2 rings (SSSR count). The van der Waals surface area contributed by atoms with E-state index in [2.05, 4.69) is 6.58 Å². The Hall–Kier alpha value is -2.13. The molecule has 0 saturated carbocycles. The minimum absolute atomic E-state index is 0.430. The average molecular weight is 333 g/mol. The summed E-state index contributed by atoms with van der Waals surface area (Å²) in [5.41, 5.74) is 2.01. The van der Waals surface area contributed by atoms with Crippen LogP contribution in [0.4, 0.5) is 0 Å². The zero-order valence-corrected chi connectivity index (χ0v) is 14.0. The van der Waals surface area contributed by atoms with Crippen molar-refractivity contribution in [3.8, 4) is 17.2 Å². The summed E-state index contributed by atoms with van der Waals surface area (Å²) in [5, 5.41) is 0. The summed E-state index contributed by atoms with van der Waals surface area (Å²) in [5.74, 6) is 2.54. The molecular formula is C19H21ClO3. The van der Waals surface area contributed by atoms with Crippen LogP contribution < -0.4 is 14.2 Å². The molecule has 0 fully saturated rings. The first-order valence-electron chi connectivity index (χ1n) is 7.46. The van der Waals surface area contributed by atoms with Crippen LogP contribution in [0.2, 0.25) is 0 Å². The summed E-state index contributed by atoms with van der Waals surface area (Å²) in [6.07, 6.45) is 2.44. The van der Waals surface area contributed by atoms with Crippen molar-refractivity contribution in [1.82, 2.24) is 0 Å². The van der Waals surface area contributed by atoms with E-state index in [0.717, 1.165) is 16.9 Å². The molecular weight excluding hydrogens is 312 g/mol. The van der Waals surface area contributed by atoms with Gasteiger partial charge in [-0.3, -0.25) is 0 Å². The van der Waals surface area contributed by atoms with Gasteiger partial charge in [-0.1, -0.05) is 36.4 Å². The monoisotopic (exact) mass is 332 g/mol. The van der Waals surface area contributed by atoms with Crippen LogP contribution in [0.25, 0.3) is 0 Å². The molecule has 0 radical (unpaired) electrons. The van der Waals surface area contributed by atoms with Crippen LogP contribution in [-0.4, -0.2) is 19.6 Å². The van der Waals surface area contributed by atoms with Gasteiger partial charge in [0.05, 0.1) is 13.0 Å². The highest BCUT2D eigenvalue weighted by Crippen LogP contribution is 2.38. The van der Waals surface area contributed by atoms with Crippen LogP contribution in [0.1, 0.15) is 11.1 Å². The van der Waals surface area contributed by atoms with Crippen molar-refractivity contribution >= 4 is 11.6 Å². The second-order valence-electron chi connectivity index (χ2n) is 4.88. The van der Waals surface area contributed by atoms with Gasteiger partial charge >= 0.3 is 0 Å². The van der Waals surface area contributed by atoms with Crippen molar-refractivity contribution in [2.45, 2.75) is 13.0 Å². The molecule has 0 heterocycles. The molecule has 4 heteroatoms. The number of methoxy groups -OCH3 is 1. The Kier molecular flexibility index (Phi) is 6.82. The van der Waals surface area contributed by atoms with E-state index in [9.17, 15) is 0 Å². The van der Waals surface area contributed by atoms with E-state index in [1.807, 2.05) is 48.5 Å². The first kappa shape index (κ1) is 17.2. The molecule has 0 amide bonds. The molecule has 2 aromatic carbocycles. The van der Waals surface area contributed by atoms with E-state index >= 15 is 0 Å². The first-order valence-corrected chi connectivity index (χ1v) is 7.99. The molecule has 0 aliphatic rings. The zero-order chi connectivity index (χ0) is 16.5. The van der Waals surface area contributed by atoms with Crippen molar-refractivity contribution in [2.75, 3.05) is 19.6 Å². The fraction of sp³-hybridized carbons (Fsp3) is 0.263. The third-order valence-electron chi connectivity index (χ3n) is 3.31. The van der Waals surface area contributed by atoms with Crippen molar-refractivity contribution in [3.63, 3.8) is 0 Å². The van der Waals surface area contributed by atoms with Gasteiger partial charge in [0.15, 0.2) is 11.5 Å². The van der Waals surface area contributed by atoms with Crippen molar-refractivity contribution in [2.24, 2.45) is 0 Å². The van der Waals surface area contributed by atoms with Gasteiger partial charge in [0.1, 0.15) is 19.0 Å². The molecule has 122 valence electrons. The van der Waals surface area contributed by atoms with Gasteiger partial charge in [-0.25, -0.2) is 0 Å². The van der Waals surface area contributed by atoms with Crippen molar-refractivity contribution in [3.05, 3.63) is 66.2 Å². The highest BCUT2D eigenvalue weighted by molar-refractivity contribution is 6.18. The van der Waals surface area contributed by atoms with Gasteiger partial charge in [-0.15, -0.1) is 18.2 Å². The number of alkyl halides is 1. The molecule has 23 heavy (non-hydrogen) atoms. The van der Waals surface area contributed by atoms with E-state index in [-0.39, 0.29) is 0 Å². The minimum atomic E-state index is 0.430. The second-order valence-corrected chi connectivity index (χ2v) is 5.26. The Morgan fingerprint density at radius 2 is 1.78 bits per heavy atom. The van der Waals surface area contributed by atoms with Crippen LogP contribution in [-0.2, 0) is 13.0 Å². The summed E-state index contributed by atoms with van der Waals surface area (Å²) >= 11 is 5.72. The maximum Gasteiger partial charge on any atom is 0.168 e. The summed E-state index contributed by atoms with van der Waals surface area (Å²) in [4.78, 5) is 0. The standard InChI is InChI=1S/C19H21ClO3/c1-3-7-16-17(22-13-12-20)10-11-18(21-2)19(16)23-14-15-8-5-4-6-9-15/h3-6,8-11H,1,7,12-14H2,2H3. The van der Waals surface area contributed by atoms with Crippen LogP contribution in [0, 0.1) is 0 Å². The maximum absolute atomic E-state index is 6.03. The number of benzene rings is 2. The lowest BCUT2D eigenvalue weighted by molar-refractivity contribution is 0.276. The van der Waals surface area contributed by atoms with Crippen molar-refractivity contribution < 1.29 is 14.2 Å². The Balaban J connectivity index is 2.30. The fourth-order valence-corrected chi connectivity index (χ4v) is 2.34. The number of hydrogen-bond donors (Lipinski definition) is 0. The predicted octanol–water partition coefficient (Wildman–Crippen LogP) is 4.62. The maximum atomic E-state index is 6.03. The normalized spacial score (nSPS) is 10.2. The lowest BCUT2D eigenvalue weighted by Crippen LogP contribution is -2.05. The lowest BCUT2D eigenvalue weighted by atomic mass is 10.1. The largest absolute Gasteiger partial charge is 0.493 e. The Morgan fingerprint density at radius 3 is 2.43 bits per heavy atom. The molecule has 0 spiro atoms. The average Bonchev–Trinajstić information content (AvgIpc) is 2.60. The second kappa shape index (κ2) is 9.11. The van der Waals surface area contributed by atoms with Gasteiger partial charge in [0, 0.05) is 5.56 Å². The van der Waals surface area contributed by atoms with Gasteiger partial charge in [-0.05, 0) is 24.1 Å². The molecule has 0 atom stereocenters. The molecule has 0 aromatic heterocycles. The number of rotatable bonds is 9. The zero-order valence-electron chi connectivity index (χ0n) is 13.3. The minimum Gasteiger partial charge on any atom is -0.493 e. The SMILES string of the molecule is C=CCc1c(OCCCl)ccc(OC)c1OCc1ccccc1. The number of allylic oxidation sites excluding steroid dienone is 1. The number of hydrogen-bond acceptors (Lipinski definition) is 3. The van der Waals surface area contributed by atoms with E-state index in [4.69, 9.17) is 25.8 Å². The lowest BCUT2D eigenvalue weighted by Gasteiger charge is -2.18. The van der Waals surface area contributed by atoms with Crippen molar-refractivity contribution in [1.29, 1.82) is 0 Å². The van der Waals surface area contributed by atoms with E-state index in [0.29, 0.717) is 37.0 Å². The summed E-state index contributed by atoms with van der Waals surface area (Å²) < 4.78 is 17.2. The smallest absolute Gasteiger partial charge is 0.168 e. The fourth-order valence-electron chi connectivity index (χ4n) is 2.26. The van der Waals surface area contributed by atoms with E-state index < -0.39 is 0 Å². The van der Waals surface area contributed by atoms with Crippen LogP contribution in [0.5, 0.6) is 17.2 Å². The molecule has 0 N–H and O–H groups in total.